The van der Waals surface area contributed by atoms with Crippen molar-refractivity contribution >= 4 is 35.0 Å². The van der Waals surface area contributed by atoms with Crippen molar-refractivity contribution in [3.8, 4) is 0 Å². The summed E-state index contributed by atoms with van der Waals surface area (Å²) in [6, 6.07) is 17.4. The molecular formula is C27H40BN5O7S. The highest BCUT2D eigenvalue weighted by Crippen LogP contribution is 2.39. The number of aliphatic imine (C=N–C) groups is 1. The van der Waals surface area contributed by atoms with Crippen molar-refractivity contribution in [2.75, 3.05) is 13.1 Å². The molecular weight excluding hydrogens is 549 g/mol. The van der Waals surface area contributed by atoms with E-state index in [9.17, 15) is 28.1 Å². The Kier molecular flexibility index (Phi) is 13.8. The van der Waals surface area contributed by atoms with E-state index in [4.69, 9.17) is 16.0 Å². The van der Waals surface area contributed by atoms with Crippen molar-refractivity contribution in [2.24, 2.45) is 21.9 Å². The molecule has 0 saturated heterocycles. The molecule has 0 aromatic heterocycles. The summed E-state index contributed by atoms with van der Waals surface area (Å²) in [5, 5.41) is 24.9. The standard InChI is InChI=1S/C21H34BN5O4.C6H6O3S/c23-20(24)26-15-7-11-17(22(30)31)27-19(29)21(12-4-5-13-21)18(28)25-14-6-10-16-8-2-1-3-9-16;7-10(8,9)6-4-2-1-3-5-6/h1-3,8-9,17,30-31H,4-7,10-15H2,(H,25,28)(H,27,29)(H4,23,24,26);1-5H,(H,7,8,9). The predicted molar refractivity (Wildman–Crippen MR) is 157 cm³/mol. The van der Waals surface area contributed by atoms with Gasteiger partial charge >= 0.3 is 7.12 Å². The van der Waals surface area contributed by atoms with Crippen LogP contribution in [0.5, 0.6) is 0 Å². The molecule has 9 N–H and O–H groups in total. The van der Waals surface area contributed by atoms with E-state index in [1.165, 1.54) is 17.7 Å². The van der Waals surface area contributed by atoms with Crippen molar-refractivity contribution < 1.29 is 32.6 Å². The second kappa shape index (κ2) is 16.7. The van der Waals surface area contributed by atoms with Crippen LogP contribution >= 0.6 is 0 Å². The molecule has 2 amide bonds. The number of carbonyl (C=O) groups excluding carboxylic acids is 2. The van der Waals surface area contributed by atoms with Gasteiger partial charge in [-0.2, -0.15) is 8.42 Å². The summed E-state index contributed by atoms with van der Waals surface area (Å²) in [4.78, 5) is 29.8. The third kappa shape index (κ3) is 11.5. The zero-order valence-corrected chi connectivity index (χ0v) is 23.8. The summed E-state index contributed by atoms with van der Waals surface area (Å²) in [5.74, 6) is -1.68. The van der Waals surface area contributed by atoms with Gasteiger partial charge in [0.1, 0.15) is 5.41 Å². The number of rotatable bonds is 13. The molecule has 1 fully saturated rings. The van der Waals surface area contributed by atoms with Crippen LogP contribution in [0, 0.1) is 5.41 Å². The van der Waals surface area contributed by atoms with Gasteiger partial charge in [0, 0.05) is 13.1 Å². The molecule has 0 radical (unpaired) electrons. The molecule has 3 rings (SSSR count). The summed E-state index contributed by atoms with van der Waals surface area (Å²) in [6.07, 6.45) is 4.81. The maximum Gasteiger partial charge on any atom is 0.475 e. The molecule has 0 bridgehead atoms. The molecule has 2 aromatic carbocycles. The van der Waals surface area contributed by atoms with Crippen molar-refractivity contribution in [3.05, 3.63) is 66.2 Å². The highest BCUT2D eigenvalue weighted by atomic mass is 32.2. The largest absolute Gasteiger partial charge is 0.475 e. The van der Waals surface area contributed by atoms with Crippen LogP contribution in [0.3, 0.4) is 0 Å². The van der Waals surface area contributed by atoms with Crippen molar-refractivity contribution in [1.82, 2.24) is 10.6 Å². The lowest BCUT2D eigenvalue weighted by Gasteiger charge is -2.29. The fraction of sp³-hybridized carbons (Fsp3) is 0.444. The number of guanidine groups is 1. The first-order valence-electron chi connectivity index (χ1n) is 13.5. The van der Waals surface area contributed by atoms with E-state index in [1.807, 2.05) is 30.3 Å². The first-order chi connectivity index (χ1) is 19.5. The topological polar surface area (TPSA) is 217 Å². The fourth-order valence-corrected chi connectivity index (χ4v) is 5.06. The maximum absolute atomic E-state index is 13.1. The van der Waals surface area contributed by atoms with Crippen LogP contribution in [0.15, 0.2) is 70.6 Å². The van der Waals surface area contributed by atoms with Gasteiger partial charge in [-0.3, -0.25) is 19.1 Å². The zero-order valence-electron chi connectivity index (χ0n) is 23.0. The van der Waals surface area contributed by atoms with Crippen LogP contribution in [0.1, 0.15) is 50.5 Å². The van der Waals surface area contributed by atoms with E-state index in [0.717, 1.165) is 25.7 Å². The number of nitrogens with two attached hydrogens (primary N) is 2. The minimum atomic E-state index is -4.00. The number of hydrogen-bond acceptors (Lipinski definition) is 7. The molecule has 224 valence electrons. The second-order valence-corrected chi connectivity index (χ2v) is 11.3. The Hall–Kier alpha value is -3.46. The van der Waals surface area contributed by atoms with Gasteiger partial charge in [0.15, 0.2) is 5.96 Å². The Morgan fingerprint density at radius 1 is 0.951 bits per heavy atom. The summed E-state index contributed by atoms with van der Waals surface area (Å²) >= 11 is 0. The number of hydrogen-bond donors (Lipinski definition) is 7. The predicted octanol–water partition coefficient (Wildman–Crippen LogP) is 0.780. The van der Waals surface area contributed by atoms with Crippen LogP contribution in [0.25, 0.3) is 0 Å². The number of nitrogens with zero attached hydrogens (tertiary/aromatic N) is 1. The smallest absolute Gasteiger partial charge is 0.426 e. The quantitative estimate of drug-likeness (QED) is 0.0438. The number of amides is 2. The Morgan fingerprint density at radius 3 is 2.05 bits per heavy atom. The van der Waals surface area contributed by atoms with E-state index < -0.39 is 34.5 Å². The third-order valence-corrected chi connectivity index (χ3v) is 7.65. The van der Waals surface area contributed by atoms with Crippen LogP contribution in [0.4, 0.5) is 0 Å². The van der Waals surface area contributed by atoms with Crippen LogP contribution in [0.2, 0.25) is 0 Å². The van der Waals surface area contributed by atoms with Gasteiger partial charge in [0.2, 0.25) is 11.8 Å². The molecule has 0 aliphatic heterocycles. The summed E-state index contributed by atoms with van der Waals surface area (Å²) < 4.78 is 29.2. The van der Waals surface area contributed by atoms with E-state index in [0.29, 0.717) is 32.4 Å². The molecule has 41 heavy (non-hydrogen) atoms. The molecule has 1 aliphatic rings. The number of nitrogens with one attached hydrogen (secondary N) is 2. The van der Waals surface area contributed by atoms with Crippen LogP contribution < -0.4 is 22.1 Å². The van der Waals surface area contributed by atoms with Crippen molar-refractivity contribution in [1.29, 1.82) is 0 Å². The van der Waals surface area contributed by atoms with E-state index in [1.54, 1.807) is 18.2 Å². The molecule has 14 heteroatoms. The second-order valence-electron chi connectivity index (χ2n) is 9.86. The average molecular weight is 590 g/mol. The lowest BCUT2D eigenvalue weighted by atomic mass is 9.75. The molecule has 2 aromatic rings. The molecule has 0 heterocycles. The number of aryl methyl sites for hydroxylation is 1. The number of carbonyl (C=O) groups is 2. The van der Waals surface area contributed by atoms with Gasteiger partial charge < -0.3 is 32.1 Å². The lowest BCUT2D eigenvalue weighted by molar-refractivity contribution is -0.143. The van der Waals surface area contributed by atoms with Gasteiger partial charge in [-0.25, -0.2) is 0 Å². The Balaban J connectivity index is 0.000000493. The van der Waals surface area contributed by atoms with Gasteiger partial charge in [-0.05, 0) is 56.2 Å². The monoisotopic (exact) mass is 589 g/mol. The van der Waals surface area contributed by atoms with Gasteiger partial charge in [0.25, 0.3) is 10.1 Å². The highest BCUT2D eigenvalue weighted by Gasteiger charge is 2.48. The van der Waals surface area contributed by atoms with Gasteiger partial charge in [-0.1, -0.05) is 61.4 Å². The van der Waals surface area contributed by atoms with Crippen molar-refractivity contribution in [3.63, 3.8) is 0 Å². The molecule has 12 nitrogen and oxygen atoms in total. The first kappa shape index (κ1) is 33.7. The van der Waals surface area contributed by atoms with Gasteiger partial charge in [0.05, 0.1) is 10.8 Å². The van der Waals surface area contributed by atoms with Crippen LogP contribution in [-0.2, 0) is 26.1 Å². The summed E-state index contributed by atoms with van der Waals surface area (Å²) in [6.45, 7) is 0.793. The average Bonchev–Trinajstić information content (AvgIpc) is 3.45. The zero-order chi connectivity index (χ0) is 30.3. The third-order valence-electron chi connectivity index (χ3n) is 6.78. The lowest BCUT2D eigenvalue weighted by Crippen LogP contribution is -2.55. The van der Waals surface area contributed by atoms with Crippen LogP contribution in [-0.4, -0.2) is 66.9 Å². The van der Waals surface area contributed by atoms with Crippen molar-refractivity contribution in [2.45, 2.75) is 62.2 Å². The normalized spacial score (nSPS) is 14.6. The molecule has 1 aliphatic carbocycles. The highest BCUT2D eigenvalue weighted by molar-refractivity contribution is 7.85. The maximum atomic E-state index is 13.1. The van der Waals surface area contributed by atoms with E-state index >= 15 is 0 Å². The van der Waals surface area contributed by atoms with E-state index in [-0.39, 0.29) is 23.2 Å². The summed E-state index contributed by atoms with van der Waals surface area (Å²) in [7, 11) is -5.74. The first-order valence-corrected chi connectivity index (χ1v) is 15.0. The Labute approximate surface area is 241 Å². The molecule has 1 saturated carbocycles. The molecule has 1 unspecified atom stereocenters. The minimum Gasteiger partial charge on any atom is -0.426 e. The molecule has 1 atom stereocenters. The SMILES string of the molecule is NC(N)=NCCCC(NC(=O)C1(C(=O)NCCCc2ccccc2)CCCC1)B(O)O.O=S(=O)(O)c1ccccc1. The Bertz CT molecular complexity index is 1220. The minimum absolute atomic E-state index is 0.0426. The Morgan fingerprint density at radius 2 is 1.54 bits per heavy atom. The number of benzene rings is 2. The fourth-order valence-electron chi connectivity index (χ4n) is 4.56. The van der Waals surface area contributed by atoms with E-state index in [2.05, 4.69) is 15.6 Å². The summed E-state index contributed by atoms with van der Waals surface area (Å²) in [5.41, 5.74) is 10.6. The van der Waals surface area contributed by atoms with Gasteiger partial charge in [-0.15, -0.1) is 0 Å². The molecule has 0 spiro atoms.